The third-order valence-electron chi connectivity index (χ3n) is 3.58. The summed E-state index contributed by atoms with van der Waals surface area (Å²) in [6.45, 7) is 2.09. The van der Waals surface area contributed by atoms with E-state index in [1.54, 1.807) is 25.1 Å². The predicted molar refractivity (Wildman–Crippen MR) is 84.7 cm³/mol. The Kier molecular flexibility index (Phi) is 4.17. The molecule has 7 heteroatoms. The fraction of sp³-hybridized carbons (Fsp3) is 0.312. The molecule has 23 heavy (non-hydrogen) atoms. The van der Waals surface area contributed by atoms with Gasteiger partial charge in [0.15, 0.2) is 5.82 Å². The molecule has 1 aromatic carbocycles. The third-order valence-corrected chi connectivity index (χ3v) is 3.77. The number of esters is 1. The van der Waals surface area contributed by atoms with Crippen LogP contribution in [0.1, 0.15) is 19.8 Å². The molecule has 1 aromatic heterocycles. The SMILES string of the molecule is CCOC(=O)C1(Nc2cc(Cl)nc(-c3ccc(F)cc3)n2)CC1. The van der Waals surface area contributed by atoms with Crippen molar-refractivity contribution in [2.75, 3.05) is 11.9 Å². The van der Waals surface area contributed by atoms with Crippen LogP contribution in [0.15, 0.2) is 30.3 Å². The highest BCUT2D eigenvalue weighted by atomic mass is 35.5. The lowest BCUT2D eigenvalue weighted by molar-refractivity contribution is -0.145. The first-order valence-electron chi connectivity index (χ1n) is 7.28. The first-order chi connectivity index (χ1) is 11.0. The molecule has 5 nitrogen and oxygen atoms in total. The molecule has 0 atom stereocenters. The van der Waals surface area contributed by atoms with Crippen LogP contribution in [0.25, 0.3) is 11.4 Å². The maximum atomic E-state index is 13.0. The summed E-state index contributed by atoms with van der Waals surface area (Å²) < 4.78 is 18.1. The predicted octanol–water partition coefficient (Wildman–Crippen LogP) is 3.44. The van der Waals surface area contributed by atoms with Crippen LogP contribution >= 0.6 is 11.6 Å². The topological polar surface area (TPSA) is 64.1 Å². The Balaban J connectivity index is 1.86. The molecule has 1 saturated carbocycles. The molecule has 0 amide bonds. The minimum atomic E-state index is -0.728. The van der Waals surface area contributed by atoms with Crippen LogP contribution in [0.5, 0.6) is 0 Å². The number of carbonyl (C=O) groups excluding carboxylic acids is 1. The van der Waals surface area contributed by atoms with Gasteiger partial charge in [-0.2, -0.15) is 0 Å². The van der Waals surface area contributed by atoms with Crippen molar-refractivity contribution >= 4 is 23.4 Å². The van der Waals surface area contributed by atoms with Crippen LogP contribution in [-0.2, 0) is 9.53 Å². The molecule has 0 unspecified atom stereocenters. The fourth-order valence-electron chi connectivity index (χ4n) is 2.23. The van der Waals surface area contributed by atoms with Crippen molar-refractivity contribution in [1.82, 2.24) is 9.97 Å². The van der Waals surface area contributed by atoms with Crippen molar-refractivity contribution in [3.63, 3.8) is 0 Å². The van der Waals surface area contributed by atoms with Gasteiger partial charge >= 0.3 is 5.97 Å². The van der Waals surface area contributed by atoms with E-state index < -0.39 is 5.54 Å². The van der Waals surface area contributed by atoms with Gasteiger partial charge in [-0.05, 0) is 44.0 Å². The first kappa shape index (κ1) is 15.7. The van der Waals surface area contributed by atoms with Gasteiger partial charge in [-0.3, -0.25) is 0 Å². The van der Waals surface area contributed by atoms with Gasteiger partial charge in [-0.15, -0.1) is 0 Å². The van der Waals surface area contributed by atoms with Crippen molar-refractivity contribution < 1.29 is 13.9 Å². The van der Waals surface area contributed by atoms with Gasteiger partial charge in [-0.1, -0.05) is 11.6 Å². The number of nitrogens with zero attached hydrogens (tertiary/aromatic N) is 2. The van der Waals surface area contributed by atoms with Crippen molar-refractivity contribution in [2.24, 2.45) is 0 Å². The monoisotopic (exact) mass is 335 g/mol. The van der Waals surface area contributed by atoms with E-state index in [1.165, 1.54) is 12.1 Å². The molecule has 1 N–H and O–H groups in total. The van der Waals surface area contributed by atoms with E-state index in [4.69, 9.17) is 16.3 Å². The first-order valence-corrected chi connectivity index (χ1v) is 7.66. The molecule has 120 valence electrons. The molecule has 0 radical (unpaired) electrons. The molecule has 0 spiro atoms. The zero-order valence-electron chi connectivity index (χ0n) is 12.5. The maximum Gasteiger partial charge on any atom is 0.331 e. The number of aromatic nitrogens is 2. The largest absolute Gasteiger partial charge is 0.464 e. The summed E-state index contributed by atoms with van der Waals surface area (Å²) in [6, 6.07) is 7.35. The van der Waals surface area contributed by atoms with Crippen LogP contribution in [0.4, 0.5) is 10.2 Å². The number of rotatable bonds is 5. The van der Waals surface area contributed by atoms with Gasteiger partial charge in [0.05, 0.1) is 6.61 Å². The van der Waals surface area contributed by atoms with Crippen LogP contribution in [0, 0.1) is 5.82 Å². The standard InChI is InChI=1S/C16H15ClFN3O2/c1-2-23-15(22)16(7-8-16)21-13-9-12(17)19-14(20-13)10-3-5-11(18)6-4-10/h3-6,9H,2,7-8H2,1H3,(H,19,20,21). The number of halogens is 2. The number of hydrogen-bond donors (Lipinski definition) is 1. The van der Waals surface area contributed by atoms with E-state index in [-0.39, 0.29) is 16.9 Å². The van der Waals surface area contributed by atoms with Crippen LogP contribution in [0.3, 0.4) is 0 Å². The summed E-state index contributed by atoms with van der Waals surface area (Å²) in [4.78, 5) is 20.5. The fourth-order valence-corrected chi connectivity index (χ4v) is 2.41. The third kappa shape index (κ3) is 3.42. The molecule has 1 fully saturated rings. The minimum Gasteiger partial charge on any atom is -0.464 e. The Hall–Kier alpha value is -2.21. The number of benzene rings is 1. The van der Waals surface area contributed by atoms with E-state index >= 15 is 0 Å². The quantitative estimate of drug-likeness (QED) is 0.669. The van der Waals surface area contributed by atoms with Crippen LogP contribution in [-0.4, -0.2) is 28.1 Å². The van der Waals surface area contributed by atoms with Crippen molar-refractivity contribution in [3.8, 4) is 11.4 Å². The average molecular weight is 336 g/mol. The van der Waals surface area contributed by atoms with Gasteiger partial charge in [0.25, 0.3) is 0 Å². The van der Waals surface area contributed by atoms with Gasteiger partial charge in [0, 0.05) is 11.6 Å². The van der Waals surface area contributed by atoms with E-state index in [1.807, 2.05) is 0 Å². The molecule has 1 aliphatic carbocycles. The van der Waals surface area contributed by atoms with Crippen LogP contribution in [0.2, 0.25) is 5.15 Å². The molecule has 1 heterocycles. The summed E-state index contributed by atoms with van der Waals surface area (Å²) in [5.41, 5.74) is -0.0914. The highest BCUT2D eigenvalue weighted by molar-refractivity contribution is 6.29. The summed E-state index contributed by atoms with van der Waals surface area (Å²) in [5.74, 6) is 0.168. The Bertz CT molecular complexity index is 733. The number of anilines is 1. The molecule has 0 saturated heterocycles. The summed E-state index contributed by atoms with van der Waals surface area (Å²) in [7, 11) is 0. The average Bonchev–Trinajstić information content (AvgIpc) is 3.28. The van der Waals surface area contributed by atoms with E-state index in [9.17, 15) is 9.18 Å². The lowest BCUT2D eigenvalue weighted by Crippen LogP contribution is -2.34. The van der Waals surface area contributed by atoms with Crippen molar-refractivity contribution in [3.05, 3.63) is 41.3 Å². The Morgan fingerprint density at radius 1 is 1.35 bits per heavy atom. The molecular formula is C16H15ClFN3O2. The number of nitrogens with one attached hydrogen (secondary N) is 1. The molecule has 0 bridgehead atoms. The van der Waals surface area contributed by atoms with Crippen molar-refractivity contribution in [2.45, 2.75) is 25.3 Å². The highest BCUT2D eigenvalue weighted by Gasteiger charge is 2.52. The summed E-state index contributed by atoms with van der Waals surface area (Å²) in [5, 5.41) is 3.33. The van der Waals surface area contributed by atoms with E-state index in [0.717, 1.165) is 0 Å². The second-order valence-corrected chi connectivity index (χ2v) is 5.72. The zero-order valence-corrected chi connectivity index (χ0v) is 13.2. The lowest BCUT2D eigenvalue weighted by Gasteiger charge is -2.17. The van der Waals surface area contributed by atoms with Crippen LogP contribution < -0.4 is 5.32 Å². The highest BCUT2D eigenvalue weighted by Crippen LogP contribution is 2.40. The minimum absolute atomic E-state index is 0.237. The second kappa shape index (κ2) is 6.12. The Morgan fingerprint density at radius 2 is 2.04 bits per heavy atom. The summed E-state index contributed by atoms with van der Waals surface area (Å²) in [6.07, 6.45) is 1.36. The smallest absolute Gasteiger partial charge is 0.331 e. The Labute approximate surface area is 137 Å². The normalized spacial score (nSPS) is 15.1. The Morgan fingerprint density at radius 3 is 2.65 bits per heavy atom. The molecule has 2 aromatic rings. The van der Waals surface area contributed by atoms with Crippen molar-refractivity contribution in [1.29, 1.82) is 0 Å². The lowest BCUT2D eigenvalue weighted by atomic mass is 10.2. The maximum absolute atomic E-state index is 13.0. The second-order valence-electron chi connectivity index (χ2n) is 5.33. The molecule has 1 aliphatic rings. The molecule has 0 aliphatic heterocycles. The van der Waals surface area contributed by atoms with E-state index in [2.05, 4.69) is 15.3 Å². The van der Waals surface area contributed by atoms with E-state index in [0.29, 0.717) is 36.7 Å². The number of ether oxygens (including phenoxy) is 1. The zero-order chi connectivity index (χ0) is 16.4. The van der Waals surface area contributed by atoms with Gasteiger partial charge in [-0.25, -0.2) is 19.2 Å². The van der Waals surface area contributed by atoms with Gasteiger partial charge in [0.1, 0.15) is 22.3 Å². The van der Waals surface area contributed by atoms with Gasteiger partial charge in [0.2, 0.25) is 0 Å². The number of carbonyl (C=O) groups is 1. The molecule has 3 rings (SSSR count). The van der Waals surface area contributed by atoms with Gasteiger partial charge < -0.3 is 10.1 Å². The number of hydrogen-bond acceptors (Lipinski definition) is 5. The molecular weight excluding hydrogens is 321 g/mol. The summed E-state index contributed by atoms with van der Waals surface area (Å²) >= 11 is 6.04.